The molecule has 0 radical (unpaired) electrons. The lowest BCUT2D eigenvalue weighted by atomic mass is 10.1. The predicted molar refractivity (Wildman–Crippen MR) is 107 cm³/mol. The number of nitrogens with zero attached hydrogens (tertiary/aromatic N) is 1. The Morgan fingerprint density at radius 2 is 2.07 bits per heavy atom. The topological polar surface area (TPSA) is 93.3 Å². The Balaban J connectivity index is 1.73. The zero-order valence-corrected chi connectivity index (χ0v) is 16.1. The van der Waals surface area contributed by atoms with E-state index in [1.165, 1.54) is 6.07 Å². The summed E-state index contributed by atoms with van der Waals surface area (Å²) in [7, 11) is 1.59. The van der Waals surface area contributed by atoms with Crippen molar-refractivity contribution in [1.82, 2.24) is 5.32 Å². The van der Waals surface area contributed by atoms with Gasteiger partial charge in [-0.3, -0.25) is 4.79 Å². The minimum Gasteiger partial charge on any atom is -0.508 e. The molecule has 0 unspecified atom stereocenters. The van der Waals surface area contributed by atoms with Crippen molar-refractivity contribution in [3.63, 3.8) is 0 Å². The number of benzene rings is 2. The smallest absolute Gasteiger partial charge is 0.256 e. The molecule has 0 spiro atoms. The number of ether oxygens (including phenoxy) is 2. The van der Waals surface area contributed by atoms with Gasteiger partial charge >= 0.3 is 0 Å². The first-order chi connectivity index (χ1) is 14.1. The van der Waals surface area contributed by atoms with E-state index in [1.807, 2.05) is 0 Å². The second-order valence-corrected chi connectivity index (χ2v) is 6.84. The number of hydrogen-bond donors (Lipinski definition) is 2. The molecule has 1 amide bonds. The monoisotopic (exact) mass is 394 g/mol. The highest BCUT2D eigenvalue weighted by molar-refractivity contribution is 5.96. The third kappa shape index (κ3) is 4.41. The van der Waals surface area contributed by atoms with Crippen molar-refractivity contribution in [2.24, 2.45) is 4.99 Å². The second-order valence-electron chi connectivity index (χ2n) is 6.84. The summed E-state index contributed by atoms with van der Waals surface area (Å²) in [6.07, 6.45) is 1.98. The quantitative estimate of drug-likeness (QED) is 0.693. The number of phenolic OH excluding ortho intramolecular Hbond substituents is 1. The van der Waals surface area contributed by atoms with Crippen LogP contribution in [0.25, 0.3) is 11.0 Å². The van der Waals surface area contributed by atoms with Crippen LogP contribution in [0.15, 0.2) is 57.9 Å². The van der Waals surface area contributed by atoms with Crippen molar-refractivity contribution < 1.29 is 23.8 Å². The minimum absolute atomic E-state index is 0.0373. The Morgan fingerprint density at radius 1 is 1.24 bits per heavy atom. The fraction of sp³-hybridized carbons (Fsp3) is 0.273. The standard InChI is InChI=1S/C22H22N2O5/c1-27-17-8-5-15(6-9-17)24-22-19(21(26)23-13-18-3-2-10-28-18)11-14-4-7-16(25)12-20(14)29-22/h4-9,11-12,18,25H,2-3,10,13H2,1H3,(H,23,26)/t18-/m0/s1. The normalized spacial score (nSPS) is 16.9. The van der Waals surface area contributed by atoms with Crippen molar-refractivity contribution in [3.8, 4) is 11.5 Å². The van der Waals surface area contributed by atoms with Gasteiger partial charge in [0.05, 0.1) is 18.9 Å². The third-order valence-corrected chi connectivity index (χ3v) is 4.80. The fourth-order valence-electron chi connectivity index (χ4n) is 3.23. The van der Waals surface area contributed by atoms with Crippen molar-refractivity contribution >= 4 is 22.6 Å². The number of nitrogens with one attached hydrogen (secondary N) is 1. The van der Waals surface area contributed by atoms with Crippen LogP contribution in [0.5, 0.6) is 11.5 Å². The van der Waals surface area contributed by atoms with Crippen LogP contribution in [-0.2, 0) is 4.74 Å². The maximum atomic E-state index is 12.9. The molecule has 1 aliphatic heterocycles. The highest BCUT2D eigenvalue weighted by atomic mass is 16.5. The molecule has 4 rings (SSSR count). The van der Waals surface area contributed by atoms with Gasteiger partial charge in [0.15, 0.2) is 0 Å². The molecule has 2 aromatic carbocycles. The zero-order chi connectivity index (χ0) is 20.2. The van der Waals surface area contributed by atoms with Gasteiger partial charge < -0.3 is 24.3 Å². The van der Waals surface area contributed by atoms with Crippen LogP contribution >= 0.6 is 0 Å². The number of phenols is 1. The molecule has 29 heavy (non-hydrogen) atoms. The largest absolute Gasteiger partial charge is 0.508 e. The summed E-state index contributed by atoms with van der Waals surface area (Å²) in [6, 6.07) is 13.6. The number of hydrogen-bond acceptors (Lipinski definition) is 6. The summed E-state index contributed by atoms with van der Waals surface area (Å²) in [5.41, 5.74) is 1.53. The Hall–Kier alpha value is -3.32. The lowest BCUT2D eigenvalue weighted by molar-refractivity contribution is 0.0854. The molecule has 3 aromatic rings. The summed E-state index contributed by atoms with van der Waals surface area (Å²) in [6.45, 7) is 1.17. The van der Waals surface area contributed by atoms with Gasteiger partial charge in [-0.1, -0.05) is 0 Å². The summed E-state index contributed by atoms with van der Waals surface area (Å²) in [5, 5.41) is 13.4. The average molecular weight is 394 g/mol. The highest BCUT2D eigenvalue weighted by Gasteiger charge is 2.18. The lowest BCUT2D eigenvalue weighted by Crippen LogP contribution is -2.34. The van der Waals surface area contributed by atoms with Crippen molar-refractivity contribution in [2.45, 2.75) is 18.9 Å². The molecule has 150 valence electrons. The van der Waals surface area contributed by atoms with E-state index >= 15 is 0 Å². The van der Waals surface area contributed by atoms with Gasteiger partial charge in [-0.25, -0.2) is 4.99 Å². The van der Waals surface area contributed by atoms with Crippen LogP contribution in [0.3, 0.4) is 0 Å². The Morgan fingerprint density at radius 3 is 2.79 bits per heavy atom. The first-order valence-corrected chi connectivity index (χ1v) is 9.48. The van der Waals surface area contributed by atoms with E-state index in [-0.39, 0.29) is 23.3 Å². The molecule has 1 aliphatic rings. The molecule has 1 fully saturated rings. The number of fused-ring (bicyclic) bond motifs is 1. The second kappa shape index (κ2) is 8.36. The van der Waals surface area contributed by atoms with Gasteiger partial charge in [0, 0.05) is 24.6 Å². The number of amides is 1. The summed E-state index contributed by atoms with van der Waals surface area (Å²) < 4.78 is 16.6. The van der Waals surface area contributed by atoms with Crippen LogP contribution in [0.2, 0.25) is 0 Å². The number of carbonyl (C=O) groups is 1. The third-order valence-electron chi connectivity index (χ3n) is 4.80. The Labute approximate surface area is 167 Å². The lowest BCUT2D eigenvalue weighted by Gasteiger charge is -2.11. The summed E-state index contributed by atoms with van der Waals surface area (Å²) >= 11 is 0. The van der Waals surface area contributed by atoms with Crippen LogP contribution in [0.4, 0.5) is 5.69 Å². The molecule has 0 aliphatic carbocycles. The maximum Gasteiger partial charge on any atom is 0.256 e. The SMILES string of the molecule is COc1ccc(N=c2oc3cc(O)ccc3cc2C(=O)NC[C@@H]2CCCO2)cc1. The summed E-state index contributed by atoms with van der Waals surface area (Å²) in [4.78, 5) is 17.4. The minimum atomic E-state index is -0.286. The maximum absolute atomic E-state index is 12.9. The molecular weight excluding hydrogens is 372 g/mol. The molecule has 0 saturated carbocycles. The van der Waals surface area contributed by atoms with E-state index < -0.39 is 0 Å². The van der Waals surface area contributed by atoms with Crippen LogP contribution in [0, 0.1) is 0 Å². The number of methoxy groups -OCH3 is 1. The van der Waals surface area contributed by atoms with E-state index in [2.05, 4.69) is 10.3 Å². The zero-order valence-electron chi connectivity index (χ0n) is 16.1. The predicted octanol–water partition coefficient (Wildman–Crippen LogP) is 3.29. The molecule has 0 bridgehead atoms. The number of rotatable bonds is 5. The number of aromatic hydroxyl groups is 1. The Kier molecular flexibility index (Phi) is 5.48. The Bertz CT molecular complexity index is 1080. The van der Waals surface area contributed by atoms with E-state index in [4.69, 9.17) is 13.9 Å². The van der Waals surface area contributed by atoms with Crippen molar-refractivity contribution in [2.75, 3.05) is 20.3 Å². The van der Waals surface area contributed by atoms with Gasteiger partial charge in [-0.2, -0.15) is 0 Å². The van der Waals surface area contributed by atoms with Crippen LogP contribution in [0.1, 0.15) is 23.2 Å². The average Bonchev–Trinajstić information content (AvgIpc) is 3.26. The molecule has 2 N–H and O–H groups in total. The van der Waals surface area contributed by atoms with E-state index in [0.29, 0.717) is 34.5 Å². The molecule has 7 heteroatoms. The number of carbonyl (C=O) groups excluding carboxylic acids is 1. The molecule has 2 heterocycles. The molecule has 1 aromatic heterocycles. The van der Waals surface area contributed by atoms with Gasteiger partial charge in [-0.15, -0.1) is 0 Å². The molecule has 1 saturated heterocycles. The molecule has 7 nitrogen and oxygen atoms in total. The molecular formula is C22H22N2O5. The van der Waals surface area contributed by atoms with E-state index in [0.717, 1.165) is 19.4 Å². The molecule has 1 atom stereocenters. The van der Waals surface area contributed by atoms with Crippen LogP contribution < -0.4 is 15.6 Å². The van der Waals surface area contributed by atoms with Gasteiger partial charge in [-0.05, 0) is 55.3 Å². The van der Waals surface area contributed by atoms with Gasteiger partial charge in [0.2, 0.25) is 5.55 Å². The highest BCUT2D eigenvalue weighted by Crippen LogP contribution is 2.21. The first kappa shape index (κ1) is 19.0. The van der Waals surface area contributed by atoms with Crippen molar-refractivity contribution in [1.29, 1.82) is 0 Å². The fourth-order valence-corrected chi connectivity index (χ4v) is 3.23. The first-order valence-electron chi connectivity index (χ1n) is 9.48. The summed E-state index contributed by atoms with van der Waals surface area (Å²) in [5.74, 6) is 0.498. The van der Waals surface area contributed by atoms with Crippen LogP contribution in [-0.4, -0.2) is 37.4 Å². The van der Waals surface area contributed by atoms with E-state index in [9.17, 15) is 9.90 Å². The van der Waals surface area contributed by atoms with Crippen molar-refractivity contribution in [3.05, 3.63) is 59.6 Å². The van der Waals surface area contributed by atoms with Gasteiger partial charge in [0.1, 0.15) is 22.6 Å². The van der Waals surface area contributed by atoms with E-state index in [1.54, 1.807) is 49.6 Å². The van der Waals surface area contributed by atoms with Gasteiger partial charge in [0.25, 0.3) is 5.91 Å².